The SMILES string of the molecule is CC(C)(C)C1CCN(C(=O)NN)CC1. The molecule has 0 saturated carbocycles. The number of rotatable bonds is 0. The van der Waals surface area contributed by atoms with E-state index in [0.29, 0.717) is 11.3 Å². The molecule has 0 atom stereocenters. The summed E-state index contributed by atoms with van der Waals surface area (Å²) < 4.78 is 0. The number of urea groups is 1. The lowest BCUT2D eigenvalue weighted by atomic mass is 9.75. The number of carbonyl (C=O) groups is 1. The van der Waals surface area contributed by atoms with E-state index in [0.717, 1.165) is 25.9 Å². The van der Waals surface area contributed by atoms with Crippen LogP contribution in [0.25, 0.3) is 0 Å². The third-order valence-electron chi connectivity index (χ3n) is 3.13. The quantitative estimate of drug-likeness (QED) is 0.351. The van der Waals surface area contributed by atoms with Gasteiger partial charge in [-0.05, 0) is 24.2 Å². The summed E-state index contributed by atoms with van der Waals surface area (Å²) in [6, 6.07) is -0.155. The Labute approximate surface area is 85.8 Å². The molecule has 0 aromatic carbocycles. The maximum atomic E-state index is 11.2. The van der Waals surface area contributed by atoms with Crippen LogP contribution < -0.4 is 11.3 Å². The van der Waals surface area contributed by atoms with Crippen molar-refractivity contribution in [3.8, 4) is 0 Å². The maximum Gasteiger partial charge on any atom is 0.331 e. The lowest BCUT2D eigenvalue weighted by molar-refractivity contribution is 0.122. The van der Waals surface area contributed by atoms with Crippen molar-refractivity contribution >= 4 is 6.03 Å². The summed E-state index contributed by atoms with van der Waals surface area (Å²) in [5.41, 5.74) is 2.53. The van der Waals surface area contributed by atoms with Gasteiger partial charge in [0, 0.05) is 13.1 Å². The van der Waals surface area contributed by atoms with Gasteiger partial charge in [0.25, 0.3) is 0 Å². The van der Waals surface area contributed by atoms with E-state index in [9.17, 15) is 4.79 Å². The fraction of sp³-hybridized carbons (Fsp3) is 0.900. The summed E-state index contributed by atoms with van der Waals surface area (Å²) in [5, 5.41) is 0. The minimum atomic E-state index is -0.155. The van der Waals surface area contributed by atoms with Gasteiger partial charge in [-0.25, -0.2) is 10.6 Å². The van der Waals surface area contributed by atoms with Crippen molar-refractivity contribution in [2.45, 2.75) is 33.6 Å². The van der Waals surface area contributed by atoms with Gasteiger partial charge in [0.05, 0.1) is 0 Å². The molecule has 2 amide bonds. The number of likely N-dealkylation sites (tertiary alicyclic amines) is 1. The Bertz CT molecular complexity index is 202. The molecule has 0 aromatic heterocycles. The first-order chi connectivity index (χ1) is 6.45. The monoisotopic (exact) mass is 199 g/mol. The number of amides is 2. The van der Waals surface area contributed by atoms with Crippen LogP contribution >= 0.6 is 0 Å². The number of nitrogens with two attached hydrogens (primary N) is 1. The van der Waals surface area contributed by atoms with E-state index in [4.69, 9.17) is 5.84 Å². The van der Waals surface area contributed by atoms with E-state index in [-0.39, 0.29) is 6.03 Å². The lowest BCUT2D eigenvalue weighted by Crippen LogP contribution is -2.48. The number of nitrogens with zero attached hydrogens (tertiary/aromatic N) is 1. The second-order valence-corrected chi connectivity index (χ2v) is 5.08. The van der Waals surface area contributed by atoms with Gasteiger partial charge < -0.3 is 4.90 Å². The van der Waals surface area contributed by atoms with Gasteiger partial charge in [0.15, 0.2) is 0 Å². The lowest BCUT2D eigenvalue weighted by Gasteiger charge is -2.38. The van der Waals surface area contributed by atoms with Gasteiger partial charge in [-0.1, -0.05) is 20.8 Å². The van der Waals surface area contributed by atoms with E-state index in [1.54, 1.807) is 4.90 Å². The molecule has 3 N–H and O–H groups in total. The maximum absolute atomic E-state index is 11.2. The van der Waals surface area contributed by atoms with Crippen molar-refractivity contribution in [2.24, 2.45) is 17.2 Å². The first kappa shape index (κ1) is 11.3. The van der Waals surface area contributed by atoms with E-state index in [2.05, 4.69) is 26.2 Å². The predicted octanol–water partition coefficient (Wildman–Crippen LogP) is 1.33. The van der Waals surface area contributed by atoms with Crippen LogP contribution in [-0.2, 0) is 0 Å². The zero-order valence-corrected chi connectivity index (χ0v) is 9.34. The summed E-state index contributed by atoms with van der Waals surface area (Å²) >= 11 is 0. The largest absolute Gasteiger partial charge is 0.331 e. The van der Waals surface area contributed by atoms with Crippen LogP contribution in [0.1, 0.15) is 33.6 Å². The Morgan fingerprint density at radius 2 is 1.86 bits per heavy atom. The minimum Gasteiger partial charge on any atom is -0.324 e. The molecule has 0 spiro atoms. The molecule has 1 rings (SSSR count). The first-order valence-electron chi connectivity index (χ1n) is 5.20. The molecule has 14 heavy (non-hydrogen) atoms. The van der Waals surface area contributed by atoms with Crippen molar-refractivity contribution in [1.29, 1.82) is 0 Å². The Hall–Kier alpha value is -0.770. The molecule has 82 valence electrons. The number of carbonyl (C=O) groups excluding carboxylic acids is 1. The Morgan fingerprint density at radius 1 is 1.36 bits per heavy atom. The van der Waals surface area contributed by atoms with Gasteiger partial charge in [-0.3, -0.25) is 5.43 Å². The van der Waals surface area contributed by atoms with Crippen LogP contribution in [0.5, 0.6) is 0 Å². The highest BCUT2D eigenvalue weighted by molar-refractivity contribution is 5.73. The fourth-order valence-electron chi connectivity index (χ4n) is 2.04. The van der Waals surface area contributed by atoms with Crippen LogP contribution in [0.2, 0.25) is 0 Å². The van der Waals surface area contributed by atoms with Gasteiger partial charge in [0.2, 0.25) is 0 Å². The zero-order chi connectivity index (χ0) is 10.8. The van der Waals surface area contributed by atoms with Crippen molar-refractivity contribution in [3.63, 3.8) is 0 Å². The zero-order valence-electron chi connectivity index (χ0n) is 9.34. The third kappa shape index (κ3) is 2.61. The molecule has 0 radical (unpaired) electrons. The molecule has 1 aliphatic heterocycles. The number of hydrogen-bond acceptors (Lipinski definition) is 2. The minimum absolute atomic E-state index is 0.155. The Kier molecular flexibility index (Phi) is 3.37. The summed E-state index contributed by atoms with van der Waals surface area (Å²) in [4.78, 5) is 13.0. The molecule has 0 aromatic rings. The standard InChI is InChI=1S/C10H21N3O/c1-10(2,3)8-4-6-13(7-5-8)9(14)12-11/h8H,4-7,11H2,1-3H3,(H,12,14). The summed E-state index contributed by atoms with van der Waals surface area (Å²) in [7, 11) is 0. The van der Waals surface area contributed by atoms with Crippen molar-refractivity contribution < 1.29 is 4.79 Å². The normalized spacial score (nSPS) is 19.6. The van der Waals surface area contributed by atoms with Gasteiger partial charge in [0.1, 0.15) is 0 Å². The van der Waals surface area contributed by atoms with Crippen LogP contribution in [-0.4, -0.2) is 24.0 Å². The number of piperidine rings is 1. The number of nitrogens with one attached hydrogen (secondary N) is 1. The fourth-order valence-corrected chi connectivity index (χ4v) is 2.04. The highest BCUT2D eigenvalue weighted by Crippen LogP contribution is 2.34. The number of hydrogen-bond donors (Lipinski definition) is 2. The average Bonchev–Trinajstić information content (AvgIpc) is 2.15. The topological polar surface area (TPSA) is 58.4 Å². The summed E-state index contributed by atoms with van der Waals surface area (Å²) in [6.07, 6.45) is 2.16. The van der Waals surface area contributed by atoms with E-state index < -0.39 is 0 Å². The van der Waals surface area contributed by atoms with Crippen molar-refractivity contribution in [2.75, 3.05) is 13.1 Å². The molecule has 1 aliphatic rings. The molecule has 1 saturated heterocycles. The molecular formula is C10H21N3O. The highest BCUT2D eigenvalue weighted by atomic mass is 16.2. The van der Waals surface area contributed by atoms with Crippen LogP contribution in [0.4, 0.5) is 4.79 Å². The van der Waals surface area contributed by atoms with Gasteiger partial charge in [-0.15, -0.1) is 0 Å². The van der Waals surface area contributed by atoms with Crippen molar-refractivity contribution in [1.82, 2.24) is 10.3 Å². The van der Waals surface area contributed by atoms with Crippen LogP contribution in [0.3, 0.4) is 0 Å². The second-order valence-electron chi connectivity index (χ2n) is 5.08. The van der Waals surface area contributed by atoms with E-state index in [1.165, 1.54) is 0 Å². The van der Waals surface area contributed by atoms with Crippen LogP contribution in [0, 0.1) is 11.3 Å². The molecule has 0 unspecified atom stereocenters. The number of hydrazine groups is 1. The highest BCUT2D eigenvalue weighted by Gasteiger charge is 2.29. The Balaban J connectivity index is 2.43. The van der Waals surface area contributed by atoms with E-state index >= 15 is 0 Å². The predicted molar refractivity (Wildman–Crippen MR) is 56.5 cm³/mol. The molecule has 4 nitrogen and oxygen atoms in total. The smallest absolute Gasteiger partial charge is 0.324 e. The second kappa shape index (κ2) is 4.17. The van der Waals surface area contributed by atoms with Gasteiger partial charge >= 0.3 is 6.03 Å². The van der Waals surface area contributed by atoms with Gasteiger partial charge in [-0.2, -0.15) is 0 Å². The molecule has 0 aliphatic carbocycles. The Morgan fingerprint density at radius 3 is 2.21 bits per heavy atom. The molecule has 1 heterocycles. The first-order valence-corrected chi connectivity index (χ1v) is 5.20. The molecule has 0 bridgehead atoms. The summed E-state index contributed by atoms with van der Waals surface area (Å²) in [5.74, 6) is 5.79. The van der Waals surface area contributed by atoms with Crippen molar-refractivity contribution in [3.05, 3.63) is 0 Å². The average molecular weight is 199 g/mol. The van der Waals surface area contributed by atoms with Crippen LogP contribution in [0.15, 0.2) is 0 Å². The molecular weight excluding hydrogens is 178 g/mol. The third-order valence-corrected chi connectivity index (χ3v) is 3.13. The molecule has 4 heteroatoms. The summed E-state index contributed by atoms with van der Waals surface area (Å²) in [6.45, 7) is 8.43. The molecule has 1 fully saturated rings. The van der Waals surface area contributed by atoms with E-state index in [1.807, 2.05) is 0 Å².